The normalized spacial score (nSPS) is 11.1. The highest BCUT2D eigenvalue weighted by molar-refractivity contribution is 7.71. The van der Waals surface area contributed by atoms with Crippen molar-refractivity contribution in [2.24, 2.45) is 5.10 Å². The maximum absolute atomic E-state index is 13.5. The molecule has 0 unspecified atom stereocenters. The van der Waals surface area contributed by atoms with Crippen molar-refractivity contribution < 1.29 is 13.9 Å². The first-order chi connectivity index (χ1) is 13.6. The van der Waals surface area contributed by atoms with E-state index in [4.69, 9.17) is 21.7 Å². The van der Waals surface area contributed by atoms with Crippen molar-refractivity contribution in [3.05, 3.63) is 58.6 Å². The number of nitrogens with zero attached hydrogens (tertiary/aromatic N) is 3. The number of hydrogen-bond donors (Lipinski definition) is 1. The van der Waals surface area contributed by atoms with Crippen LogP contribution in [0.2, 0.25) is 0 Å². The van der Waals surface area contributed by atoms with E-state index in [2.05, 4.69) is 15.3 Å². The number of benzene rings is 2. The Morgan fingerprint density at radius 3 is 2.79 bits per heavy atom. The third-order valence-electron chi connectivity index (χ3n) is 3.78. The number of ether oxygens (including phenoxy) is 2. The SMILES string of the molecule is CCCOc1ccc(/C=N\n2c(-c3cccc(F)c3)n[nH]c2=S)cc1OCC. The summed E-state index contributed by atoms with van der Waals surface area (Å²) in [7, 11) is 0. The molecule has 3 aromatic rings. The van der Waals surface area contributed by atoms with Crippen LogP contribution in [0.25, 0.3) is 11.4 Å². The van der Waals surface area contributed by atoms with E-state index < -0.39 is 0 Å². The fraction of sp³-hybridized carbons (Fsp3) is 0.250. The van der Waals surface area contributed by atoms with Gasteiger partial charge in [-0.3, -0.25) is 0 Å². The summed E-state index contributed by atoms with van der Waals surface area (Å²) in [6.07, 6.45) is 2.55. The predicted molar refractivity (Wildman–Crippen MR) is 109 cm³/mol. The fourth-order valence-corrected chi connectivity index (χ4v) is 2.72. The molecule has 0 radical (unpaired) electrons. The summed E-state index contributed by atoms with van der Waals surface area (Å²) in [6, 6.07) is 11.7. The third kappa shape index (κ3) is 4.64. The van der Waals surface area contributed by atoms with Gasteiger partial charge in [-0.2, -0.15) is 14.9 Å². The summed E-state index contributed by atoms with van der Waals surface area (Å²) in [4.78, 5) is 0. The topological polar surface area (TPSA) is 64.4 Å². The molecule has 146 valence electrons. The largest absolute Gasteiger partial charge is 0.490 e. The summed E-state index contributed by atoms with van der Waals surface area (Å²) >= 11 is 5.25. The number of hydrogen-bond acceptors (Lipinski definition) is 5. The van der Waals surface area contributed by atoms with Crippen LogP contribution in [0.3, 0.4) is 0 Å². The van der Waals surface area contributed by atoms with Crippen LogP contribution in [-0.4, -0.2) is 34.3 Å². The molecule has 0 saturated carbocycles. The Kier molecular flexibility index (Phi) is 6.54. The zero-order valence-electron chi connectivity index (χ0n) is 15.7. The maximum Gasteiger partial charge on any atom is 0.216 e. The first kappa shape index (κ1) is 19.8. The monoisotopic (exact) mass is 400 g/mol. The van der Waals surface area contributed by atoms with E-state index in [1.807, 2.05) is 32.0 Å². The van der Waals surface area contributed by atoms with Gasteiger partial charge in [-0.15, -0.1) is 0 Å². The van der Waals surface area contributed by atoms with E-state index in [9.17, 15) is 4.39 Å². The highest BCUT2D eigenvalue weighted by atomic mass is 32.1. The van der Waals surface area contributed by atoms with Crippen LogP contribution in [0, 0.1) is 10.6 Å². The second-order valence-corrected chi connectivity index (χ2v) is 6.29. The van der Waals surface area contributed by atoms with E-state index in [1.165, 1.54) is 16.8 Å². The molecule has 0 bridgehead atoms. The molecular formula is C20H21FN4O2S. The van der Waals surface area contributed by atoms with Gasteiger partial charge in [0.1, 0.15) is 5.82 Å². The Labute approximate surface area is 167 Å². The van der Waals surface area contributed by atoms with Crippen molar-refractivity contribution in [3.63, 3.8) is 0 Å². The number of aromatic nitrogens is 3. The van der Waals surface area contributed by atoms with Gasteiger partial charge in [-0.1, -0.05) is 19.1 Å². The van der Waals surface area contributed by atoms with Gasteiger partial charge in [0.25, 0.3) is 0 Å². The van der Waals surface area contributed by atoms with Crippen LogP contribution >= 0.6 is 12.2 Å². The molecule has 0 aliphatic rings. The van der Waals surface area contributed by atoms with Gasteiger partial charge in [-0.25, -0.2) is 9.49 Å². The fourth-order valence-electron chi connectivity index (χ4n) is 2.54. The van der Waals surface area contributed by atoms with Gasteiger partial charge in [0.2, 0.25) is 4.77 Å². The predicted octanol–water partition coefficient (Wildman–Crippen LogP) is 4.82. The molecule has 0 spiro atoms. The zero-order chi connectivity index (χ0) is 19.9. The van der Waals surface area contributed by atoms with E-state index in [-0.39, 0.29) is 5.82 Å². The van der Waals surface area contributed by atoms with Crippen LogP contribution in [0.15, 0.2) is 47.6 Å². The van der Waals surface area contributed by atoms with Gasteiger partial charge in [-0.05, 0) is 61.5 Å². The molecule has 1 N–H and O–H groups in total. The van der Waals surface area contributed by atoms with Crippen molar-refractivity contribution in [1.29, 1.82) is 0 Å². The molecule has 2 aromatic carbocycles. The summed E-state index contributed by atoms with van der Waals surface area (Å²) in [6.45, 7) is 5.11. The molecule has 0 saturated heterocycles. The van der Waals surface area contributed by atoms with Crippen LogP contribution in [-0.2, 0) is 0 Å². The minimum Gasteiger partial charge on any atom is -0.490 e. The van der Waals surface area contributed by atoms with E-state index >= 15 is 0 Å². The highest BCUT2D eigenvalue weighted by Crippen LogP contribution is 2.28. The Morgan fingerprint density at radius 1 is 1.18 bits per heavy atom. The lowest BCUT2D eigenvalue weighted by atomic mass is 10.2. The molecule has 28 heavy (non-hydrogen) atoms. The van der Waals surface area contributed by atoms with Gasteiger partial charge in [0.05, 0.1) is 19.4 Å². The Bertz CT molecular complexity index is 1030. The molecule has 1 heterocycles. The molecule has 0 aliphatic carbocycles. The van der Waals surface area contributed by atoms with Crippen LogP contribution < -0.4 is 9.47 Å². The summed E-state index contributed by atoms with van der Waals surface area (Å²) in [5.41, 5.74) is 1.38. The highest BCUT2D eigenvalue weighted by Gasteiger charge is 2.09. The van der Waals surface area contributed by atoms with Crippen molar-refractivity contribution in [1.82, 2.24) is 14.9 Å². The molecular weight excluding hydrogens is 379 g/mol. The lowest BCUT2D eigenvalue weighted by Crippen LogP contribution is -2.01. The Balaban J connectivity index is 1.91. The molecule has 0 fully saturated rings. The van der Waals surface area contributed by atoms with Crippen LogP contribution in [0.5, 0.6) is 11.5 Å². The maximum atomic E-state index is 13.5. The molecule has 1 aromatic heterocycles. The standard InChI is InChI=1S/C20H21FN4O2S/c1-3-10-27-17-9-8-14(11-18(17)26-4-2)13-22-25-19(23-24-20(25)28)15-6-5-7-16(21)12-15/h5-9,11-13H,3-4,10H2,1-2H3,(H,24,28)/b22-13-. The number of rotatable bonds is 8. The molecule has 8 heteroatoms. The zero-order valence-corrected chi connectivity index (χ0v) is 16.5. The summed E-state index contributed by atoms with van der Waals surface area (Å²) < 4.78 is 26.7. The average Bonchev–Trinajstić information content (AvgIpc) is 3.06. The van der Waals surface area contributed by atoms with Crippen molar-refractivity contribution in [2.75, 3.05) is 13.2 Å². The molecule has 0 atom stereocenters. The smallest absolute Gasteiger partial charge is 0.216 e. The quantitative estimate of drug-likeness (QED) is 0.435. The number of halogens is 1. The second kappa shape index (κ2) is 9.27. The lowest BCUT2D eigenvalue weighted by Gasteiger charge is -2.11. The minimum absolute atomic E-state index is 0.309. The van der Waals surface area contributed by atoms with E-state index in [0.29, 0.717) is 40.9 Å². The molecule has 6 nitrogen and oxygen atoms in total. The summed E-state index contributed by atoms with van der Waals surface area (Å²) in [5, 5.41) is 11.3. The van der Waals surface area contributed by atoms with Crippen molar-refractivity contribution >= 4 is 18.4 Å². The minimum atomic E-state index is -0.356. The molecule has 0 aliphatic heterocycles. The van der Waals surface area contributed by atoms with Crippen molar-refractivity contribution in [2.45, 2.75) is 20.3 Å². The number of nitrogens with one attached hydrogen (secondary N) is 1. The van der Waals surface area contributed by atoms with Gasteiger partial charge < -0.3 is 9.47 Å². The van der Waals surface area contributed by atoms with E-state index in [0.717, 1.165) is 12.0 Å². The van der Waals surface area contributed by atoms with Gasteiger partial charge in [0.15, 0.2) is 17.3 Å². The Hall–Kier alpha value is -3.00. The number of H-pyrrole nitrogens is 1. The Morgan fingerprint density at radius 2 is 2.04 bits per heavy atom. The third-order valence-corrected chi connectivity index (χ3v) is 4.05. The molecule has 0 amide bonds. The van der Waals surface area contributed by atoms with Crippen molar-refractivity contribution in [3.8, 4) is 22.9 Å². The first-order valence-corrected chi connectivity index (χ1v) is 9.40. The van der Waals surface area contributed by atoms with Gasteiger partial charge >= 0.3 is 0 Å². The summed E-state index contributed by atoms with van der Waals surface area (Å²) in [5.74, 6) is 1.42. The number of aromatic amines is 1. The lowest BCUT2D eigenvalue weighted by molar-refractivity contribution is 0.277. The first-order valence-electron chi connectivity index (χ1n) is 8.99. The van der Waals surface area contributed by atoms with Crippen LogP contribution in [0.1, 0.15) is 25.8 Å². The van der Waals surface area contributed by atoms with Gasteiger partial charge in [0, 0.05) is 5.56 Å². The molecule has 3 rings (SSSR count). The second-order valence-electron chi connectivity index (χ2n) is 5.91. The van der Waals surface area contributed by atoms with E-state index in [1.54, 1.807) is 18.3 Å². The average molecular weight is 400 g/mol. The van der Waals surface area contributed by atoms with Crippen LogP contribution in [0.4, 0.5) is 4.39 Å².